The molecule has 0 fully saturated rings. The third kappa shape index (κ3) is 6.54. The standard InChI is InChI=1S/C14H21ClO2/c1-16-14-8-6-13(7-9-14)12-17-11-5-3-2-4-10-15/h6-9H,2-5,10-12H2,1H3. The second kappa shape index (κ2) is 9.32. The number of unbranched alkanes of at least 4 members (excludes halogenated alkanes) is 3. The first-order valence-electron chi connectivity index (χ1n) is 6.13. The highest BCUT2D eigenvalue weighted by molar-refractivity contribution is 6.17. The van der Waals surface area contributed by atoms with Gasteiger partial charge in [-0.25, -0.2) is 0 Å². The second-order valence-corrected chi connectivity index (χ2v) is 4.38. The van der Waals surface area contributed by atoms with Gasteiger partial charge in [0.2, 0.25) is 0 Å². The minimum Gasteiger partial charge on any atom is -0.497 e. The molecule has 17 heavy (non-hydrogen) atoms. The number of hydrogen-bond donors (Lipinski definition) is 0. The van der Waals surface area contributed by atoms with Gasteiger partial charge in [0, 0.05) is 12.5 Å². The summed E-state index contributed by atoms with van der Waals surface area (Å²) in [4.78, 5) is 0. The molecule has 0 N–H and O–H groups in total. The molecule has 0 saturated heterocycles. The molecule has 0 aliphatic heterocycles. The molecule has 2 nitrogen and oxygen atoms in total. The van der Waals surface area contributed by atoms with E-state index in [0.717, 1.165) is 31.1 Å². The largest absolute Gasteiger partial charge is 0.497 e. The monoisotopic (exact) mass is 256 g/mol. The molecule has 1 aromatic rings. The Labute approximate surface area is 109 Å². The van der Waals surface area contributed by atoms with Crippen LogP contribution in [0.1, 0.15) is 31.2 Å². The average Bonchev–Trinajstić information content (AvgIpc) is 2.38. The highest BCUT2D eigenvalue weighted by atomic mass is 35.5. The fraction of sp³-hybridized carbons (Fsp3) is 0.571. The molecule has 0 radical (unpaired) electrons. The zero-order valence-corrected chi connectivity index (χ0v) is 11.2. The molecule has 1 rings (SSSR count). The van der Waals surface area contributed by atoms with E-state index in [-0.39, 0.29) is 0 Å². The molecule has 0 spiro atoms. The van der Waals surface area contributed by atoms with Crippen LogP contribution in [0.2, 0.25) is 0 Å². The molecule has 0 bridgehead atoms. The molecule has 0 amide bonds. The lowest BCUT2D eigenvalue weighted by atomic mass is 10.2. The number of alkyl halides is 1. The van der Waals surface area contributed by atoms with Gasteiger partial charge < -0.3 is 9.47 Å². The van der Waals surface area contributed by atoms with Crippen molar-refractivity contribution in [3.8, 4) is 5.75 Å². The van der Waals surface area contributed by atoms with Gasteiger partial charge in [0.15, 0.2) is 0 Å². The van der Waals surface area contributed by atoms with E-state index in [1.54, 1.807) is 7.11 Å². The summed E-state index contributed by atoms with van der Waals surface area (Å²) in [7, 11) is 1.67. The number of ether oxygens (including phenoxy) is 2. The van der Waals surface area contributed by atoms with Crippen LogP contribution in [-0.2, 0) is 11.3 Å². The molecule has 1 aromatic carbocycles. The van der Waals surface area contributed by atoms with Crippen LogP contribution in [0.25, 0.3) is 0 Å². The minimum absolute atomic E-state index is 0.680. The van der Waals surface area contributed by atoms with Crippen LogP contribution in [0.3, 0.4) is 0 Å². The summed E-state index contributed by atoms with van der Waals surface area (Å²) < 4.78 is 10.7. The lowest BCUT2D eigenvalue weighted by Gasteiger charge is -2.05. The van der Waals surface area contributed by atoms with Crippen molar-refractivity contribution in [3.05, 3.63) is 29.8 Å². The maximum absolute atomic E-state index is 5.60. The van der Waals surface area contributed by atoms with Gasteiger partial charge in [-0.3, -0.25) is 0 Å². The van der Waals surface area contributed by atoms with E-state index < -0.39 is 0 Å². The highest BCUT2D eigenvalue weighted by Crippen LogP contribution is 2.12. The van der Waals surface area contributed by atoms with Crippen molar-refractivity contribution in [1.82, 2.24) is 0 Å². The van der Waals surface area contributed by atoms with Gasteiger partial charge in [0.1, 0.15) is 5.75 Å². The normalized spacial score (nSPS) is 10.5. The van der Waals surface area contributed by atoms with Crippen LogP contribution in [-0.4, -0.2) is 19.6 Å². The number of rotatable bonds is 9. The van der Waals surface area contributed by atoms with Crippen LogP contribution in [0.5, 0.6) is 5.75 Å². The first-order chi connectivity index (χ1) is 8.36. The van der Waals surface area contributed by atoms with Gasteiger partial charge in [0.25, 0.3) is 0 Å². The Bertz CT molecular complexity index is 285. The van der Waals surface area contributed by atoms with Crippen LogP contribution in [0.4, 0.5) is 0 Å². The first kappa shape index (κ1) is 14.3. The Balaban J connectivity index is 2.05. The van der Waals surface area contributed by atoms with Crippen molar-refractivity contribution in [2.24, 2.45) is 0 Å². The van der Waals surface area contributed by atoms with Crippen molar-refractivity contribution in [1.29, 1.82) is 0 Å². The second-order valence-electron chi connectivity index (χ2n) is 4.00. The predicted molar refractivity (Wildman–Crippen MR) is 71.8 cm³/mol. The Kier molecular flexibility index (Phi) is 7.85. The van der Waals surface area contributed by atoms with Gasteiger partial charge in [0.05, 0.1) is 13.7 Å². The summed E-state index contributed by atoms with van der Waals surface area (Å²) in [6.45, 7) is 1.51. The van der Waals surface area contributed by atoms with E-state index in [4.69, 9.17) is 21.1 Å². The van der Waals surface area contributed by atoms with E-state index >= 15 is 0 Å². The Morgan fingerprint density at radius 2 is 1.71 bits per heavy atom. The topological polar surface area (TPSA) is 18.5 Å². The molecular formula is C14H21ClO2. The van der Waals surface area contributed by atoms with E-state index in [1.807, 2.05) is 24.3 Å². The average molecular weight is 257 g/mol. The number of halogens is 1. The fourth-order valence-electron chi connectivity index (χ4n) is 1.56. The van der Waals surface area contributed by atoms with Crippen LogP contribution >= 0.6 is 11.6 Å². The third-order valence-electron chi connectivity index (χ3n) is 2.60. The minimum atomic E-state index is 0.680. The van der Waals surface area contributed by atoms with Crippen LogP contribution in [0.15, 0.2) is 24.3 Å². The third-order valence-corrected chi connectivity index (χ3v) is 2.87. The number of methoxy groups -OCH3 is 1. The molecular weight excluding hydrogens is 236 g/mol. The molecule has 0 aliphatic carbocycles. The van der Waals surface area contributed by atoms with Crippen LogP contribution in [0, 0.1) is 0 Å². The van der Waals surface area contributed by atoms with E-state index in [2.05, 4.69) is 0 Å². The quantitative estimate of drug-likeness (QED) is 0.491. The smallest absolute Gasteiger partial charge is 0.118 e. The Morgan fingerprint density at radius 1 is 1.00 bits per heavy atom. The van der Waals surface area contributed by atoms with Crippen molar-refractivity contribution in [2.45, 2.75) is 32.3 Å². The summed E-state index contributed by atoms with van der Waals surface area (Å²) in [6.07, 6.45) is 4.64. The molecule has 3 heteroatoms. The molecule has 0 unspecified atom stereocenters. The van der Waals surface area contributed by atoms with E-state index in [0.29, 0.717) is 6.61 Å². The summed E-state index contributed by atoms with van der Waals surface area (Å²) >= 11 is 5.60. The Hall–Kier alpha value is -0.730. The first-order valence-corrected chi connectivity index (χ1v) is 6.67. The van der Waals surface area contributed by atoms with Gasteiger partial charge >= 0.3 is 0 Å². The van der Waals surface area contributed by atoms with Gasteiger partial charge in [-0.1, -0.05) is 25.0 Å². The fourth-order valence-corrected chi connectivity index (χ4v) is 1.75. The lowest BCUT2D eigenvalue weighted by molar-refractivity contribution is 0.117. The highest BCUT2D eigenvalue weighted by Gasteiger charge is 1.95. The number of benzene rings is 1. The maximum Gasteiger partial charge on any atom is 0.118 e. The zero-order valence-electron chi connectivity index (χ0n) is 10.5. The molecule has 96 valence electrons. The van der Waals surface area contributed by atoms with Crippen LogP contribution < -0.4 is 4.74 Å². The van der Waals surface area contributed by atoms with Gasteiger partial charge in [-0.15, -0.1) is 11.6 Å². The van der Waals surface area contributed by atoms with Gasteiger partial charge in [-0.05, 0) is 30.5 Å². The number of hydrogen-bond acceptors (Lipinski definition) is 2. The summed E-state index contributed by atoms with van der Waals surface area (Å²) in [5.41, 5.74) is 1.19. The van der Waals surface area contributed by atoms with Crippen molar-refractivity contribution in [2.75, 3.05) is 19.6 Å². The van der Waals surface area contributed by atoms with E-state index in [9.17, 15) is 0 Å². The van der Waals surface area contributed by atoms with Crippen molar-refractivity contribution in [3.63, 3.8) is 0 Å². The molecule has 0 saturated carbocycles. The SMILES string of the molecule is COc1ccc(COCCCCCCCl)cc1. The predicted octanol–water partition coefficient (Wildman–Crippen LogP) is 4.01. The molecule has 0 heterocycles. The van der Waals surface area contributed by atoms with Crippen molar-refractivity contribution >= 4 is 11.6 Å². The summed E-state index contributed by atoms with van der Waals surface area (Å²) in [5, 5.41) is 0. The Morgan fingerprint density at radius 3 is 2.35 bits per heavy atom. The molecule has 0 aromatic heterocycles. The van der Waals surface area contributed by atoms with E-state index in [1.165, 1.54) is 18.4 Å². The lowest BCUT2D eigenvalue weighted by Crippen LogP contribution is -1.96. The van der Waals surface area contributed by atoms with Gasteiger partial charge in [-0.2, -0.15) is 0 Å². The zero-order chi connectivity index (χ0) is 12.3. The molecule has 0 atom stereocenters. The van der Waals surface area contributed by atoms with Crippen molar-refractivity contribution < 1.29 is 9.47 Å². The summed E-state index contributed by atoms with van der Waals surface area (Å²) in [6, 6.07) is 7.98. The summed E-state index contributed by atoms with van der Waals surface area (Å²) in [5.74, 6) is 1.65. The maximum atomic E-state index is 5.60. The molecule has 0 aliphatic rings.